The third-order valence-electron chi connectivity index (χ3n) is 9.37. The van der Waals surface area contributed by atoms with Gasteiger partial charge in [0.25, 0.3) is 0 Å². The van der Waals surface area contributed by atoms with Crippen LogP contribution in [0.25, 0.3) is 0 Å². The largest absolute Gasteiger partial charge is 1.00 e. The molecule has 0 aliphatic heterocycles. The number of ketones is 1. The molecule has 0 heterocycles. The average Bonchev–Trinajstić information content (AvgIpc) is 2.97. The summed E-state index contributed by atoms with van der Waals surface area (Å²) in [6.07, 6.45) is 9.27. The molecule has 0 amide bonds. The van der Waals surface area contributed by atoms with E-state index in [0.717, 1.165) is 44.9 Å². The number of fused-ring (bicyclic) bond motifs is 5. The molecule has 0 spiro atoms. The van der Waals surface area contributed by atoms with Gasteiger partial charge in [-0.05, 0) is 103 Å². The van der Waals surface area contributed by atoms with Crippen molar-refractivity contribution in [2.75, 3.05) is 5.75 Å². The van der Waals surface area contributed by atoms with Gasteiger partial charge in [0.05, 0.1) is 11.9 Å². The molecule has 4 aliphatic rings. The second kappa shape index (κ2) is 8.68. The fourth-order valence-corrected chi connectivity index (χ4v) is 9.24. The Labute approximate surface area is 201 Å². The molecule has 160 valence electrons. The first-order valence-electron chi connectivity index (χ1n) is 10.9. The Morgan fingerprint density at radius 2 is 1.69 bits per heavy atom. The summed E-state index contributed by atoms with van der Waals surface area (Å²) in [4.78, 5) is 12.8. The Bertz CT molecular complexity index is 743. The van der Waals surface area contributed by atoms with Crippen LogP contribution in [0, 0.1) is 40.4 Å². The topological polar surface area (TPSA) is 94.5 Å². The molecule has 0 aromatic rings. The van der Waals surface area contributed by atoms with Crippen LogP contribution in [0.2, 0.25) is 0 Å². The van der Waals surface area contributed by atoms with Gasteiger partial charge in [0.1, 0.15) is 14.9 Å². The number of aliphatic hydroxyl groups is 1. The fraction of sp³-hybridized carbons (Fsp3) is 0.952. The Morgan fingerprint density at radius 3 is 2.38 bits per heavy atom. The van der Waals surface area contributed by atoms with Crippen molar-refractivity contribution in [3.8, 4) is 0 Å². The maximum atomic E-state index is 12.8. The van der Waals surface area contributed by atoms with Crippen molar-refractivity contribution in [2.24, 2.45) is 40.4 Å². The van der Waals surface area contributed by atoms with Gasteiger partial charge in [-0.1, -0.05) is 13.8 Å². The van der Waals surface area contributed by atoms with Gasteiger partial charge in [-0.25, -0.2) is 8.42 Å². The van der Waals surface area contributed by atoms with Crippen LogP contribution < -0.4 is 29.6 Å². The van der Waals surface area contributed by atoms with E-state index < -0.39 is 9.15 Å². The number of rotatable bonds is 4. The summed E-state index contributed by atoms with van der Waals surface area (Å²) in [6, 6.07) is 0. The molecular formula is C21H33NaO5S2. The molecule has 0 radical (unpaired) electrons. The van der Waals surface area contributed by atoms with E-state index >= 15 is 0 Å². The van der Waals surface area contributed by atoms with E-state index in [-0.39, 0.29) is 69.3 Å². The van der Waals surface area contributed by atoms with Gasteiger partial charge in [0, 0.05) is 5.92 Å². The van der Waals surface area contributed by atoms with Crippen LogP contribution in [-0.4, -0.2) is 35.7 Å². The number of carbonyl (C=O) groups excluding carboxylic acids is 1. The van der Waals surface area contributed by atoms with Gasteiger partial charge in [0.15, 0.2) is 0 Å². The van der Waals surface area contributed by atoms with Gasteiger partial charge in [-0.2, -0.15) is 0 Å². The van der Waals surface area contributed by atoms with Gasteiger partial charge >= 0.3 is 29.6 Å². The molecule has 0 aromatic carbocycles. The molecule has 4 fully saturated rings. The number of hydrogen-bond acceptors (Lipinski definition) is 6. The normalized spacial score (nSPS) is 46.8. The first-order valence-corrected chi connectivity index (χ1v) is 13.8. The third-order valence-corrected chi connectivity index (χ3v) is 11.3. The summed E-state index contributed by atoms with van der Waals surface area (Å²) >= 11 is 0. The predicted octanol–water partition coefficient (Wildman–Crippen LogP) is 0.773. The second-order valence-corrected chi connectivity index (χ2v) is 13.7. The van der Waals surface area contributed by atoms with Crippen LogP contribution in [0.3, 0.4) is 0 Å². The van der Waals surface area contributed by atoms with E-state index in [1.54, 1.807) is 0 Å². The predicted molar refractivity (Wildman–Crippen MR) is 108 cm³/mol. The minimum atomic E-state index is -4.42. The Hall–Kier alpha value is 0.890. The molecule has 5 nitrogen and oxygen atoms in total. The molecule has 3 unspecified atom stereocenters. The first kappa shape index (κ1) is 24.5. The molecule has 0 bridgehead atoms. The molecule has 0 saturated heterocycles. The summed E-state index contributed by atoms with van der Waals surface area (Å²) in [6.45, 7) is 4.70. The zero-order valence-electron chi connectivity index (χ0n) is 17.9. The summed E-state index contributed by atoms with van der Waals surface area (Å²) < 4.78 is 32.8. The SMILES string of the molecule is C[C@]12CCC3C(CC[C@H]4C[C@H](O)CC[C@]34C)C1CC[C@@H]2C(=O)CSS(=O)(=O)[O-].[Na+]. The zero-order valence-corrected chi connectivity index (χ0v) is 21.6. The van der Waals surface area contributed by atoms with Gasteiger partial charge in [-0.15, -0.1) is 0 Å². The van der Waals surface area contributed by atoms with Crippen LogP contribution in [0.5, 0.6) is 0 Å². The molecule has 4 saturated carbocycles. The summed E-state index contributed by atoms with van der Waals surface area (Å²) in [7, 11) is -4.17. The fourth-order valence-electron chi connectivity index (χ4n) is 8.00. The van der Waals surface area contributed by atoms with Crippen molar-refractivity contribution in [1.29, 1.82) is 0 Å². The van der Waals surface area contributed by atoms with Crippen molar-refractivity contribution in [2.45, 2.75) is 77.7 Å². The summed E-state index contributed by atoms with van der Waals surface area (Å²) in [5.74, 6) is 2.12. The molecule has 4 rings (SSSR count). The van der Waals surface area contributed by atoms with E-state index in [9.17, 15) is 22.9 Å². The van der Waals surface area contributed by atoms with E-state index in [4.69, 9.17) is 0 Å². The molecular weight excluding hydrogens is 419 g/mol. The maximum absolute atomic E-state index is 12.8. The van der Waals surface area contributed by atoms with Crippen LogP contribution in [0.1, 0.15) is 71.6 Å². The third kappa shape index (κ3) is 4.40. The van der Waals surface area contributed by atoms with E-state index in [2.05, 4.69) is 13.8 Å². The van der Waals surface area contributed by atoms with Crippen LogP contribution in [0.4, 0.5) is 0 Å². The molecule has 8 heteroatoms. The Balaban J connectivity index is 0.00000240. The number of Topliss-reactive ketones (excluding diaryl/α,β-unsaturated/α-hetero) is 1. The molecule has 1 N–H and O–H groups in total. The van der Waals surface area contributed by atoms with E-state index in [1.165, 1.54) is 12.8 Å². The maximum Gasteiger partial charge on any atom is 1.00 e. The van der Waals surface area contributed by atoms with Gasteiger partial charge < -0.3 is 9.66 Å². The quantitative estimate of drug-likeness (QED) is 0.385. The monoisotopic (exact) mass is 452 g/mol. The van der Waals surface area contributed by atoms with Crippen molar-refractivity contribution in [3.05, 3.63) is 0 Å². The van der Waals surface area contributed by atoms with Gasteiger partial charge in [-0.3, -0.25) is 4.79 Å². The molecule has 29 heavy (non-hydrogen) atoms. The second-order valence-electron chi connectivity index (χ2n) is 10.4. The number of carbonyl (C=O) groups is 1. The van der Waals surface area contributed by atoms with Crippen LogP contribution in [0.15, 0.2) is 0 Å². The average molecular weight is 453 g/mol. The van der Waals surface area contributed by atoms with Crippen LogP contribution >= 0.6 is 10.8 Å². The molecule has 4 aliphatic carbocycles. The van der Waals surface area contributed by atoms with Gasteiger partial charge in [0.2, 0.25) is 0 Å². The Morgan fingerprint density at radius 1 is 1.03 bits per heavy atom. The standard InChI is InChI=1S/C21H34O5S2.Na/c1-20-9-7-14(22)11-13(20)3-4-15-16-5-6-18(19(23)12-27-28(24,25)26)21(16,2)10-8-17(15)20;/h13-18,22H,3-12H2,1-2H3,(H,24,25,26);/q;+1/p-1/t13-,14+,15?,16?,17?,18+,20-,21-;/m0./s1. The number of aliphatic hydroxyl groups excluding tert-OH is 1. The van der Waals surface area contributed by atoms with E-state index in [0.29, 0.717) is 29.1 Å². The van der Waals surface area contributed by atoms with Crippen molar-refractivity contribution >= 4 is 25.7 Å². The van der Waals surface area contributed by atoms with Crippen molar-refractivity contribution in [3.63, 3.8) is 0 Å². The van der Waals surface area contributed by atoms with Crippen molar-refractivity contribution in [1.82, 2.24) is 0 Å². The first-order chi connectivity index (χ1) is 13.0. The van der Waals surface area contributed by atoms with Crippen LogP contribution in [-0.2, 0) is 13.9 Å². The minimum Gasteiger partial charge on any atom is -0.739 e. The van der Waals surface area contributed by atoms with Crippen molar-refractivity contribution < 1.29 is 52.4 Å². The summed E-state index contributed by atoms with van der Waals surface area (Å²) in [5, 5.41) is 10.1. The number of hydrogen-bond donors (Lipinski definition) is 1. The Kier molecular flexibility index (Phi) is 7.34. The molecule has 0 aromatic heterocycles. The van der Waals surface area contributed by atoms with E-state index in [1.807, 2.05) is 0 Å². The molecule has 8 atom stereocenters. The zero-order chi connectivity index (χ0) is 20.3. The smallest absolute Gasteiger partial charge is 0.739 e. The minimum absolute atomic E-state index is 0. The summed E-state index contributed by atoms with van der Waals surface area (Å²) in [5.41, 5.74) is 0.265.